The molecule has 2 aromatic rings. The molecular formula is C23H27N3O5. The standard InChI is InChI=1S/C23H27N3O5/c27-16-24-21(28)20-12-7-13-26(20)22(29)19(14-17-8-3-1-4-9-17)25-23(30)31-15-18-10-5-2-6-11-18/h1-6,8-11,19-20,27H,7,12-16H2,(H,24,28)(H,25,30)/t19-,20?/m1/s1. The molecule has 3 amide bonds. The largest absolute Gasteiger partial charge is 0.445 e. The second kappa shape index (κ2) is 11.1. The van der Waals surface area contributed by atoms with Gasteiger partial charge in [-0.3, -0.25) is 9.59 Å². The van der Waals surface area contributed by atoms with E-state index >= 15 is 0 Å². The summed E-state index contributed by atoms with van der Waals surface area (Å²) in [6, 6.07) is 17.0. The number of aliphatic hydroxyl groups is 1. The molecule has 0 saturated carbocycles. The van der Waals surface area contributed by atoms with Crippen molar-refractivity contribution in [2.24, 2.45) is 0 Å². The Morgan fingerprint density at radius 3 is 2.32 bits per heavy atom. The van der Waals surface area contributed by atoms with E-state index in [-0.39, 0.29) is 18.9 Å². The number of likely N-dealkylation sites (tertiary alicyclic amines) is 1. The average Bonchev–Trinajstić information content (AvgIpc) is 3.28. The van der Waals surface area contributed by atoms with E-state index in [4.69, 9.17) is 9.84 Å². The second-order valence-electron chi connectivity index (χ2n) is 7.34. The van der Waals surface area contributed by atoms with Crippen LogP contribution in [0.1, 0.15) is 24.0 Å². The van der Waals surface area contributed by atoms with Gasteiger partial charge in [0.1, 0.15) is 25.4 Å². The molecule has 164 valence electrons. The minimum absolute atomic E-state index is 0.0875. The highest BCUT2D eigenvalue weighted by atomic mass is 16.5. The fraction of sp³-hybridized carbons (Fsp3) is 0.348. The van der Waals surface area contributed by atoms with Crippen molar-refractivity contribution in [3.8, 4) is 0 Å². The molecule has 1 saturated heterocycles. The van der Waals surface area contributed by atoms with Gasteiger partial charge in [-0.25, -0.2) is 4.79 Å². The Balaban J connectivity index is 1.70. The van der Waals surface area contributed by atoms with E-state index in [1.807, 2.05) is 60.7 Å². The minimum atomic E-state index is -0.881. The SMILES string of the molecule is O=C(N[C@H](Cc1ccccc1)C(=O)N1CCCC1C(=O)NCO)OCc1ccccc1. The number of ether oxygens (including phenoxy) is 1. The molecule has 1 fully saturated rings. The van der Waals surface area contributed by atoms with Gasteiger partial charge in [-0.05, 0) is 24.0 Å². The first-order valence-corrected chi connectivity index (χ1v) is 10.3. The molecule has 0 aromatic heterocycles. The Kier molecular flexibility index (Phi) is 8.00. The van der Waals surface area contributed by atoms with Crippen LogP contribution in [-0.2, 0) is 27.4 Å². The molecule has 1 aliphatic heterocycles. The van der Waals surface area contributed by atoms with Gasteiger partial charge in [-0.15, -0.1) is 0 Å². The molecule has 0 radical (unpaired) electrons. The zero-order chi connectivity index (χ0) is 22.1. The molecule has 8 nitrogen and oxygen atoms in total. The number of hydrogen-bond donors (Lipinski definition) is 3. The van der Waals surface area contributed by atoms with Crippen LogP contribution in [0.15, 0.2) is 60.7 Å². The Labute approximate surface area is 181 Å². The van der Waals surface area contributed by atoms with Crippen LogP contribution in [0, 0.1) is 0 Å². The Hall–Kier alpha value is -3.39. The summed E-state index contributed by atoms with van der Waals surface area (Å²) in [6.45, 7) is 0.00736. The van der Waals surface area contributed by atoms with Crippen molar-refractivity contribution < 1.29 is 24.2 Å². The molecule has 1 heterocycles. The second-order valence-corrected chi connectivity index (χ2v) is 7.34. The van der Waals surface area contributed by atoms with Crippen molar-refractivity contribution in [1.29, 1.82) is 0 Å². The summed E-state index contributed by atoms with van der Waals surface area (Å²) in [7, 11) is 0. The predicted molar refractivity (Wildman–Crippen MR) is 114 cm³/mol. The summed E-state index contributed by atoms with van der Waals surface area (Å²) in [5.41, 5.74) is 1.71. The van der Waals surface area contributed by atoms with E-state index < -0.39 is 30.8 Å². The van der Waals surface area contributed by atoms with Crippen LogP contribution in [0.3, 0.4) is 0 Å². The maximum Gasteiger partial charge on any atom is 0.408 e. The third kappa shape index (κ3) is 6.29. The number of amides is 3. The maximum absolute atomic E-state index is 13.3. The number of hydrogen-bond acceptors (Lipinski definition) is 5. The van der Waals surface area contributed by atoms with Gasteiger partial charge in [0.25, 0.3) is 0 Å². The fourth-order valence-corrected chi connectivity index (χ4v) is 3.66. The van der Waals surface area contributed by atoms with E-state index in [1.54, 1.807) is 0 Å². The molecule has 0 bridgehead atoms. The first-order chi connectivity index (χ1) is 15.1. The number of aliphatic hydroxyl groups excluding tert-OH is 1. The lowest BCUT2D eigenvalue weighted by molar-refractivity contribution is -0.140. The summed E-state index contributed by atoms with van der Waals surface area (Å²) in [5.74, 6) is -0.755. The maximum atomic E-state index is 13.3. The number of rotatable bonds is 8. The summed E-state index contributed by atoms with van der Waals surface area (Å²) in [5, 5.41) is 14.0. The fourth-order valence-electron chi connectivity index (χ4n) is 3.66. The quantitative estimate of drug-likeness (QED) is 0.557. The molecule has 0 spiro atoms. The summed E-state index contributed by atoms with van der Waals surface area (Å²) >= 11 is 0. The highest BCUT2D eigenvalue weighted by molar-refractivity contribution is 5.92. The minimum Gasteiger partial charge on any atom is -0.445 e. The van der Waals surface area contributed by atoms with Crippen LogP contribution < -0.4 is 10.6 Å². The Morgan fingerprint density at radius 2 is 1.68 bits per heavy atom. The lowest BCUT2D eigenvalue weighted by Crippen LogP contribution is -2.54. The zero-order valence-corrected chi connectivity index (χ0v) is 17.2. The Morgan fingerprint density at radius 1 is 1.03 bits per heavy atom. The number of nitrogens with one attached hydrogen (secondary N) is 2. The van der Waals surface area contributed by atoms with E-state index in [0.29, 0.717) is 19.4 Å². The summed E-state index contributed by atoms with van der Waals surface area (Å²) < 4.78 is 5.29. The van der Waals surface area contributed by atoms with Gasteiger partial charge in [-0.2, -0.15) is 0 Å². The van der Waals surface area contributed by atoms with Crippen LogP contribution in [0.5, 0.6) is 0 Å². The number of alkyl carbamates (subject to hydrolysis) is 1. The van der Waals surface area contributed by atoms with E-state index in [9.17, 15) is 14.4 Å². The number of nitrogens with zero attached hydrogens (tertiary/aromatic N) is 1. The zero-order valence-electron chi connectivity index (χ0n) is 17.2. The van der Waals surface area contributed by atoms with E-state index in [2.05, 4.69) is 10.6 Å². The molecule has 2 aromatic carbocycles. The van der Waals surface area contributed by atoms with Crippen molar-refractivity contribution in [3.05, 3.63) is 71.8 Å². The number of carbonyl (C=O) groups is 3. The van der Waals surface area contributed by atoms with E-state index in [1.165, 1.54) is 4.90 Å². The number of benzene rings is 2. The van der Waals surface area contributed by atoms with Gasteiger partial charge in [0.2, 0.25) is 11.8 Å². The smallest absolute Gasteiger partial charge is 0.408 e. The molecule has 1 unspecified atom stereocenters. The third-order valence-corrected chi connectivity index (χ3v) is 5.18. The van der Waals surface area contributed by atoms with E-state index in [0.717, 1.165) is 11.1 Å². The third-order valence-electron chi connectivity index (χ3n) is 5.18. The molecule has 3 rings (SSSR count). The normalized spacial score (nSPS) is 16.4. The van der Waals surface area contributed by atoms with Gasteiger partial charge in [0, 0.05) is 13.0 Å². The summed E-state index contributed by atoms with van der Waals surface area (Å²) in [6.07, 6.45) is 0.749. The highest BCUT2D eigenvalue weighted by Gasteiger charge is 2.37. The van der Waals surface area contributed by atoms with Gasteiger partial charge >= 0.3 is 6.09 Å². The monoisotopic (exact) mass is 425 g/mol. The van der Waals surface area contributed by atoms with Crippen molar-refractivity contribution in [1.82, 2.24) is 15.5 Å². The highest BCUT2D eigenvalue weighted by Crippen LogP contribution is 2.20. The first kappa shape index (κ1) is 22.3. The Bertz CT molecular complexity index is 875. The molecule has 31 heavy (non-hydrogen) atoms. The van der Waals surface area contributed by atoms with Crippen LogP contribution in [0.25, 0.3) is 0 Å². The first-order valence-electron chi connectivity index (χ1n) is 10.3. The van der Waals surface area contributed by atoms with Crippen LogP contribution in [0.4, 0.5) is 4.79 Å². The molecule has 3 N–H and O–H groups in total. The molecule has 0 aliphatic carbocycles. The van der Waals surface area contributed by atoms with Gasteiger partial charge in [-0.1, -0.05) is 60.7 Å². The lowest BCUT2D eigenvalue weighted by atomic mass is 10.0. The van der Waals surface area contributed by atoms with Crippen molar-refractivity contribution in [2.75, 3.05) is 13.3 Å². The molecule has 2 atom stereocenters. The van der Waals surface area contributed by atoms with Crippen molar-refractivity contribution >= 4 is 17.9 Å². The molecule has 8 heteroatoms. The lowest BCUT2D eigenvalue weighted by Gasteiger charge is -2.28. The average molecular weight is 425 g/mol. The predicted octanol–water partition coefficient (Wildman–Crippen LogP) is 1.58. The van der Waals surface area contributed by atoms with Crippen LogP contribution >= 0.6 is 0 Å². The van der Waals surface area contributed by atoms with Gasteiger partial charge < -0.3 is 25.4 Å². The van der Waals surface area contributed by atoms with Crippen molar-refractivity contribution in [3.63, 3.8) is 0 Å². The molecular weight excluding hydrogens is 398 g/mol. The van der Waals surface area contributed by atoms with Gasteiger partial charge in [0.05, 0.1) is 0 Å². The van der Waals surface area contributed by atoms with Crippen LogP contribution in [-0.4, -0.2) is 53.3 Å². The van der Waals surface area contributed by atoms with Gasteiger partial charge in [0.15, 0.2) is 0 Å². The van der Waals surface area contributed by atoms with Crippen LogP contribution in [0.2, 0.25) is 0 Å². The van der Waals surface area contributed by atoms with Crippen molar-refractivity contribution in [2.45, 2.75) is 38.0 Å². The summed E-state index contributed by atoms with van der Waals surface area (Å²) in [4.78, 5) is 39.4. The topological polar surface area (TPSA) is 108 Å². The number of carbonyl (C=O) groups excluding carboxylic acids is 3. The molecule has 1 aliphatic rings.